The zero-order valence-electron chi connectivity index (χ0n) is 11.8. The predicted molar refractivity (Wildman–Crippen MR) is 77.6 cm³/mol. The highest BCUT2D eigenvalue weighted by Crippen LogP contribution is 2.24. The number of hydrogen-bond acceptors (Lipinski definition) is 3. The van der Waals surface area contributed by atoms with E-state index in [0.29, 0.717) is 0 Å². The Morgan fingerprint density at radius 1 is 1.37 bits per heavy atom. The Kier molecular flexibility index (Phi) is 4.58. The average molecular weight is 259 g/mol. The molecule has 2 N–H and O–H groups in total. The molecule has 0 aliphatic rings. The molecule has 0 bridgehead atoms. The minimum atomic E-state index is 0.914. The molecule has 0 aliphatic carbocycles. The number of benzene rings is 1. The second kappa shape index (κ2) is 6.38. The van der Waals surface area contributed by atoms with Gasteiger partial charge in [0.05, 0.1) is 19.0 Å². The molecule has 0 atom stereocenters. The zero-order chi connectivity index (χ0) is 13.7. The maximum Gasteiger partial charge on any atom is 0.121 e. The number of methoxy groups -OCH3 is 1. The van der Waals surface area contributed by atoms with E-state index in [0.717, 1.165) is 47.8 Å². The number of ether oxygens (including phenoxy) is 1. The van der Waals surface area contributed by atoms with E-state index in [1.807, 2.05) is 26.2 Å². The standard InChI is InChI=1S/C15H21N3O/c1-11-9-12(6-7-14(11)19-3)13-10-17-15(18-13)5-4-8-16-2/h6-7,9-10,16H,4-5,8H2,1-3H3,(H,17,18). The first-order valence-corrected chi connectivity index (χ1v) is 6.58. The van der Waals surface area contributed by atoms with Crippen molar-refractivity contribution in [1.29, 1.82) is 0 Å². The van der Waals surface area contributed by atoms with Gasteiger partial charge in [-0.2, -0.15) is 0 Å². The third kappa shape index (κ3) is 3.35. The number of nitrogens with zero attached hydrogens (tertiary/aromatic N) is 1. The van der Waals surface area contributed by atoms with Crippen LogP contribution in [0.3, 0.4) is 0 Å². The van der Waals surface area contributed by atoms with E-state index in [-0.39, 0.29) is 0 Å². The minimum Gasteiger partial charge on any atom is -0.496 e. The largest absolute Gasteiger partial charge is 0.496 e. The highest BCUT2D eigenvalue weighted by atomic mass is 16.5. The number of nitrogens with one attached hydrogen (secondary N) is 2. The van der Waals surface area contributed by atoms with Gasteiger partial charge in [-0.15, -0.1) is 0 Å². The molecule has 1 heterocycles. The van der Waals surface area contributed by atoms with Gasteiger partial charge in [-0.05, 0) is 50.7 Å². The van der Waals surface area contributed by atoms with Crippen molar-refractivity contribution in [3.63, 3.8) is 0 Å². The molecule has 0 unspecified atom stereocenters. The number of hydrogen-bond donors (Lipinski definition) is 2. The van der Waals surface area contributed by atoms with Gasteiger partial charge in [0, 0.05) is 12.0 Å². The van der Waals surface area contributed by atoms with Crippen molar-refractivity contribution in [2.75, 3.05) is 20.7 Å². The molecule has 0 amide bonds. The number of aromatic nitrogens is 2. The predicted octanol–water partition coefficient (Wildman–Crippen LogP) is 2.55. The molecule has 0 aliphatic heterocycles. The molecule has 0 saturated carbocycles. The minimum absolute atomic E-state index is 0.914. The van der Waals surface area contributed by atoms with Crippen LogP contribution in [-0.2, 0) is 6.42 Å². The molecular weight excluding hydrogens is 238 g/mol. The molecule has 102 valence electrons. The van der Waals surface area contributed by atoms with Crippen LogP contribution < -0.4 is 10.1 Å². The number of aromatic amines is 1. The van der Waals surface area contributed by atoms with Crippen molar-refractivity contribution in [3.8, 4) is 17.0 Å². The van der Waals surface area contributed by atoms with Gasteiger partial charge in [0.1, 0.15) is 11.6 Å². The van der Waals surface area contributed by atoms with Gasteiger partial charge in [-0.3, -0.25) is 0 Å². The number of imidazole rings is 1. The van der Waals surface area contributed by atoms with Gasteiger partial charge in [-0.25, -0.2) is 4.98 Å². The lowest BCUT2D eigenvalue weighted by Gasteiger charge is -2.06. The van der Waals surface area contributed by atoms with E-state index >= 15 is 0 Å². The van der Waals surface area contributed by atoms with Gasteiger partial charge >= 0.3 is 0 Å². The summed E-state index contributed by atoms with van der Waals surface area (Å²) in [5, 5.41) is 3.14. The Morgan fingerprint density at radius 3 is 2.89 bits per heavy atom. The second-order valence-corrected chi connectivity index (χ2v) is 4.64. The quantitative estimate of drug-likeness (QED) is 0.784. The van der Waals surface area contributed by atoms with Gasteiger partial charge in [0.2, 0.25) is 0 Å². The summed E-state index contributed by atoms with van der Waals surface area (Å²) in [6.07, 6.45) is 3.96. The highest BCUT2D eigenvalue weighted by Gasteiger charge is 2.05. The Labute approximate surface area is 114 Å². The molecule has 0 radical (unpaired) electrons. The van der Waals surface area contributed by atoms with E-state index in [4.69, 9.17) is 4.74 Å². The van der Waals surface area contributed by atoms with Crippen LogP contribution in [0.25, 0.3) is 11.3 Å². The van der Waals surface area contributed by atoms with Crippen molar-refractivity contribution < 1.29 is 4.74 Å². The first-order chi connectivity index (χ1) is 9.24. The van der Waals surface area contributed by atoms with Crippen molar-refractivity contribution in [2.45, 2.75) is 19.8 Å². The van der Waals surface area contributed by atoms with E-state index in [9.17, 15) is 0 Å². The Hall–Kier alpha value is -1.81. The molecule has 0 saturated heterocycles. The molecule has 0 spiro atoms. The van der Waals surface area contributed by atoms with Crippen LogP contribution >= 0.6 is 0 Å². The lowest BCUT2D eigenvalue weighted by molar-refractivity contribution is 0.412. The van der Waals surface area contributed by atoms with E-state index in [1.54, 1.807) is 7.11 Å². The van der Waals surface area contributed by atoms with Gasteiger partial charge in [-0.1, -0.05) is 0 Å². The van der Waals surface area contributed by atoms with Gasteiger partial charge in [0.15, 0.2) is 0 Å². The number of rotatable bonds is 6. The van der Waals surface area contributed by atoms with E-state index in [1.165, 1.54) is 0 Å². The molecule has 1 aromatic heterocycles. The summed E-state index contributed by atoms with van der Waals surface area (Å²) < 4.78 is 5.27. The summed E-state index contributed by atoms with van der Waals surface area (Å²) in [7, 11) is 3.66. The monoisotopic (exact) mass is 259 g/mol. The van der Waals surface area contributed by atoms with Crippen molar-refractivity contribution >= 4 is 0 Å². The molecule has 4 nitrogen and oxygen atoms in total. The highest BCUT2D eigenvalue weighted by molar-refractivity contribution is 5.61. The summed E-state index contributed by atoms with van der Waals surface area (Å²) in [5.41, 5.74) is 3.34. The molecular formula is C15H21N3O. The SMILES string of the molecule is CNCCCc1ncc(-c2ccc(OC)c(C)c2)[nH]1. The summed E-state index contributed by atoms with van der Waals surface area (Å²) in [6.45, 7) is 3.06. The molecule has 4 heteroatoms. The maximum atomic E-state index is 5.27. The van der Waals surface area contributed by atoms with Gasteiger partial charge < -0.3 is 15.0 Å². The topological polar surface area (TPSA) is 49.9 Å². The zero-order valence-corrected chi connectivity index (χ0v) is 11.8. The lowest BCUT2D eigenvalue weighted by atomic mass is 10.1. The Bertz CT molecular complexity index is 534. The van der Waals surface area contributed by atoms with Crippen LogP contribution in [0.5, 0.6) is 5.75 Å². The second-order valence-electron chi connectivity index (χ2n) is 4.64. The molecule has 2 rings (SSSR count). The molecule has 2 aromatic rings. The van der Waals surface area contributed by atoms with E-state index < -0.39 is 0 Å². The average Bonchev–Trinajstić information content (AvgIpc) is 2.88. The lowest BCUT2D eigenvalue weighted by Crippen LogP contribution is -2.08. The smallest absolute Gasteiger partial charge is 0.121 e. The van der Waals surface area contributed by atoms with E-state index in [2.05, 4.69) is 27.4 Å². The van der Waals surface area contributed by atoms with Crippen molar-refractivity contribution in [1.82, 2.24) is 15.3 Å². The van der Waals surface area contributed by atoms with Crippen LogP contribution in [0.4, 0.5) is 0 Å². The van der Waals surface area contributed by atoms with Crippen LogP contribution in [-0.4, -0.2) is 30.7 Å². The Balaban J connectivity index is 2.11. The fraction of sp³-hybridized carbons (Fsp3) is 0.400. The maximum absolute atomic E-state index is 5.27. The molecule has 19 heavy (non-hydrogen) atoms. The summed E-state index contributed by atoms with van der Waals surface area (Å²) in [4.78, 5) is 7.80. The van der Waals surface area contributed by atoms with Crippen LogP contribution in [0.15, 0.2) is 24.4 Å². The normalized spacial score (nSPS) is 10.7. The van der Waals surface area contributed by atoms with Crippen LogP contribution in [0.1, 0.15) is 17.8 Å². The first kappa shape index (κ1) is 13.6. The van der Waals surface area contributed by atoms with Crippen LogP contribution in [0, 0.1) is 6.92 Å². The summed E-state index contributed by atoms with van der Waals surface area (Å²) >= 11 is 0. The van der Waals surface area contributed by atoms with Crippen molar-refractivity contribution in [3.05, 3.63) is 35.8 Å². The van der Waals surface area contributed by atoms with Gasteiger partial charge in [0.25, 0.3) is 0 Å². The fourth-order valence-electron chi connectivity index (χ4n) is 2.11. The Morgan fingerprint density at radius 2 is 2.21 bits per heavy atom. The fourth-order valence-corrected chi connectivity index (χ4v) is 2.11. The third-order valence-electron chi connectivity index (χ3n) is 3.17. The third-order valence-corrected chi connectivity index (χ3v) is 3.17. The van der Waals surface area contributed by atoms with Crippen molar-refractivity contribution in [2.24, 2.45) is 0 Å². The summed E-state index contributed by atoms with van der Waals surface area (Å²) in [5.74, 6) is 1.95. The number of aryl methyl sites for hydroxylation is 2. The summed E-state index contributed by atoms with van der Waals surface area (Å²) in [6, 6.07) is 6.16. The molecule has 0 fully saturated rings. The number of H-pyrrole nitrogens is 1. The van der Waals surface area contributed by atoms with Crippen LogP contribution in [0.2, 0.25) is 0 Å². The molecule has 1 aromatic carbocycles. The first-order valence-electron chi connectivity index (χ1n) is 6.58.